The molecule has 2 aliphatic rings. The summed E-state index contributed by atoms with van der Waals surface area (Å²) in [6, 6.07) is 6.32. The van der Waals surface area contributed by atoms with Crippen molar-refractivity contribution in [2.75, 3.05) is 68.4 Å². The van der Waals surface area contributed by atoms with E-state index in [0.29, 0.717) is 0 Å². The van der Waals surface area contributed by atoms with E-state index in [-0.39, 0.29) is 0 Å². The summed E-state index contributed by atoms with van der Waals surface area (Å²) in [6.07, 6.45) is 3.89. The Labute approximate surface area is 133 Å². The lowest BCUT2D eigenvalue weighted by Gasteiger charge is -2.30. The molecular formula is C17H28N4O. The fraction of sp³-hybridized carbons (Fsp3) is 0.647. The van der Waals surface area contributed by atoms with Crippen LogP contribution in [0.25, 0.3) is 0 Å². The molecule has 0 spiro atoms. The third kappa shape index (κ3) is 4.05. The number of morpholine rings is 1. The maximum atomic E-state index is 6.17. The topological polar surface area (TPSA) is 53.8 Å². The first kappa shape index (κ1) is 15.4. The number of nitrogens with two attached hydrogens (primary N) is 1. The second kappa shape index (κ2) is 7.70. The van der Waals surface area contributed by atoms with Crippen LogP contribution < -0.4 is 16.0 Å². The minimum atomic E-state index is 0.862. The summed E-state index contributed by atoms with van der Waals surface area (Å²) in [5.41, 5.74) is 9.42. The molecule has 22 heavy (non-hydrogen) atoms. The van der Waals surface area contributed by atoms with Crippen molar-refractivity contribution in [1.29, 1.82) is 0 Å². The molecule has 0 unspecified atom stereocenters. The Morgan fingerprint density at radius 3 is 2.59 bits per heavy atom. The molecule has 0 aliphatic carbocycles. The van der Waals surface area contributed by atoms with Gasteiger partial charge in [0.15, 0.2) is 0 Å². The van der Waals surface area contributed by atoms with Gasteiger partial charge in [0.05, 0.1) is 24.6 Å². The quantitative estimate of drug-likeness (QED) is 0.815. The van der Waals surface area contributed by atoms with Gasteiger partial charge < -0.3 is 20.7 Å². The van der Waals surface area contributed by atoms with Crippen LogP contribution in [-0.4, -0.2) is 57.4 Å². The van der Waals surface area contributed by atoms with Crippen molar-refractivity contribution in [2.24, 2.45) is 0 Å². The molecule has 2 fully saturated rings. The van der Waals surface area contributed by atoms with E-state index >= 15 is 0 Å². The van der Waals surface area contributed by atoms with Crippen LogP contribution in [-0.2, 0) is 4.74 Å². The van der Waals surface area contributed by atoms with Gasteiger partial charge in [0, 0.05) is 45.0 Å². The molecule has 0 saturated carbocycles. The summed E-state index contributed by atoms with van der Waals surface area (Å²) in [5, 5.41) is 3.53. The molecule has 5 heteroatoms. The Kier molecular flexibility index (Phi) is 5.40. The van der Waals surface area contributed by atoms with Crippen molar-refractivity contribution in [2.45, 2.75) is 19.3 Å². The van der Waals surface area contributed by atoms with E-state index < -0.39 is 0 Å². The average Bonchev–Trinajstić information content (AvgIpc) is 2.58. The van der Waals surface area contributed by atoms with Gasteiger partial charge in [-0.2, -0.15) is 0 Å². The van der Waals surface area contributed by atoms with Crippen molar-refractivity contribution >= 4 is 17.1 Å². The van der Waals surface area contributed by atoms with Crippen LogP contribution in [0, 0.1) is 0 Å². The molecule has 2 saturated heterocycles. The summed E-state index contributed by atoms with van der Waals surface area (Å²) >= 11 is 0. The van der Waals surface area contributed by atoms with E-state index in [4.69, 9.17) is 10.5 Å². The minimum Gasteiger partial charge on any atom is -0.397 e. The summed E-state index contributed by atoms with van der Waals surface area (Å²) < 4.78 is 5.38. The largest absolute Gasteiger partial charge is 0.397 e. The highest BCUT2D eigenvalue weighted by atomic mass is 16.5. The number of benzene rings is 1. The Balaban J connectivity index is 1.54. The van der Waals surface area contributed by atoms with E-state index in [0.717, 1.165) is 58.2 Å². The fourth-order valence-corrected chi connectivity index (χ4v) is 3.25. The van der Waals surface area contributed by atoms with Crippen LogP contribution in [0.3, 0.4) is 0 Å². The highest BCUT2D eigenvalue weighted by Gasteiger charge is 2.14. The van der Waals surface area contributed by atoms with Crippen molar-refractivity contribution in [3.63, 3.8) is 0 Å². The molecule has 1 aromatic carbocycles. The number of rotatable bonds is 5. The van der Waals surface area contributed by atoms with Crippen molar-refractivity contribution < 1.29 is 4.74 Å². The van der Waals surface area contributed by atoms with Crippen molar-refractivity contribution in [3.05, 3.63) is 18.2 Å². The van der Waals surface area contributed by atoms with E-state index in [1.54, 1.807) is 0 Å². The van der Waals surface area contributed by atoms with Gasteiger partial charge in [0.2, 0.25) is 0 Å². The molecule has 0 radical (unpaired) electrons. The average molecular weight is 304 g/mol. The molecule has 5 nitrogen and oxygen atoms in total. The Morgan fingerprint density at radius 1 is 1.05 bits per heavy atom. The van der Waals surface area contributed by atoms with Gasteiger partial charge in [-0.05, 0) is 37.5 Å². The first-order chi connectivity index (χ1) is 10.8. The Morgan fingerprint density at radius 2 is 1.82 bits per heavy atom. The van der Waals surface area contributed by atoms with Crippen molar-refractivity contribution in [3.8, 4) is 0 Å². The molecule has 2 aliphatic heterocycles. The smallest absolute Gasteiger partial charge is 0.0620 e. The van der Waals surface area contributed by atoms with Crippen LogP contribution in [0.5, 0.6) is 0 Å². The number of piperidine rings is 1. The molecule has 0 bridgehead atoms. The van der Waals surface area contributed by atoms with Gasteiger partial charge in [-0.3, -0.25) is 4.90 Å². The number of ether oxygens (including phenoxy) is 1. The van der Waals surface area contributed by atoms with Gasteiger partial charge in [0.25, 0.3) is 0 Å². The normalized spacial score (nSPS) is 20.1. The molecule has 1 aromatic rings. The third-order valence-electron chi connectivity index (χ3n) is 4.59. The Hall–Kier alpha value is -1.46. The molecule has 0 atom stereocenters. The van der Waals surface area contributed by atoms with E-state index in [2.05, 4.69) is 27.2 Å². The molecule has 3 rings (SSSR count). The highest BCUT2D eigenvalue weighted by Crippen LogP contribution is 2.29. The van der Waals surface area contributed by atoms with E-state index in [1.165, 1.54) is 30.6 Å². The van der Waals surface area contributed by atoms with Crippen molar-refractivity contribution in [1.82, 2.24) is 4.90 Å². The highest BCUT2D eigenvalue weighted by molar-refractivity contribution is 5.73. The summed E-state index contributed by atoms with van der Waals surface area (Å²) in [7, 11) is 0. The predicted octanol–water partition coefficient (Wildman–Crippen LogP) is 2.00. The zero-order valence-electron chi connectivity index (χ0n) is 13.4. The van der Waals surface area contributed by atoms with Crippen LogP contribution in [0.15, 0.2) is 18.2 Å². The maximum Gasteiger partial charge on any atom is 0.0620 e. The van der Waals surface area contributed by atoms with Crippen LogP contribution >= 0.6 is 0 Å². The van der Waals surface area contributed by atoms with Crippen LogP contribution in [0.1, 0.15) is 19.3 Å². The summed E-state index contributed by atoms with van der Waals surface area (Å²) in [4.78, 5) is 4.87. The first-order valence-electron chi connectivity index (χ1n) is 8.51. The predicted molar refractivity (Wildman–Crippen MR) is 92.7 cm³/mol. The summed E-state index contributed by atoms with van der Waals surface area (Å²) in [6.45, 7) is 8.09. The lowest BCUT2D eigenvalue weighted by molar-refractivity contribution is 0.0398. The SMILES string of the molecule is Nc1ccc(NCCN2CCOCC2)cc1N1CCCCC1. The number of hydrogen-bond donors (Lipinski definition) is 2. The van der Waals surface area contributed by atoms with Gasteiger partial charge in [-0.1, -0.05) is 0 Å². The maximum absolute atomic E-state index is 6.17. The van der Waals surface area contributed by atoms with E-state index in [9.17, 15) is 0 Å². The van der Waals surface area contributed by atoms with Gasteiger partial charge in [-0.25, -0.2) is 0 Å². The second-order valence-corrected chi connectivity index (χ2v) is 6.20. The van der Waals surface area contributed by atoms with Gasteiger partial charge >= 0.3 is 0 Å². The number of nitrogens with one attached hydrogen (secondary N) is 1. The zero-order valence-corrected chi connectivity index (χ0v) is 13.4. The number of nitrogen functional groups attached to an aromatic ring is 1. The van der Waals surface area contributed by atoms with E-state index in [1.807, 2.05) is 6.07 Å². The first-order valence-corrected chi connectivity index (χ1v) is 8.51. The fourth-order valence-electron chi connectivity index (χ4n) is 3.25. The third-order valence-corrected chi connectivity index (χ3v) is 4.59. The molecule has 0 amide bonds. The van der Waals surface area contributed by atoms with Gasteiger partial charge in [-0.15, -0.1) is 0 Å². The molecule has 122 valence electrons. The minimum absolute atomic E-state index is 0.862. The zero-order chi connectivity index (χ0) is 15.2. The van der Waals surface area contributed by atoms with Crippen LogP contribution in [0.2, 0.25) is 0 Å². The standard InChI is InChI=1S/C17H28N4O/c18-16-5-4-15(14-17(16)21-7-2-1-3-8-21)19-6-9-20-10-12-22-13-11-20/h4-5,14,19H,1-3,6-13,18H2. The molecule has 2 heterocycles. The molecular weight excluding hydrogens is 276 g/mol. The molecule has 0 aromatic heterocycles. The lowest BCUT2D eigenvalue weighted by atomic mass is 10.1. The van der Waals surface area contributed by atoms with Crippen LogP contribution in [0.4, 0.5) is 17.1 Å². The lowest BCUT2D eigenvalue weighted by Crippen LogP contribution is -2.39. The number of nitrogens with zero attached hydrogens (tertiary/aromatic N) is 2. The molecule has 3 N–H and O–H groups in total. The Bertz CT molecular complexity index is 468. The monoisotopic (exact) mass is 304 g/mol. The number of anilines is 3. The second-order valence-electron chi connectivity index (χ2n) is 6.20. The number of hydrogen-bond acceptors (Lipinski definition) is 5. The van der Waals surface area contributed by atoms with Gasteiger partial charge in [0.1, 0.15) is 0 Å². The summed E-state index contributed by atoms with van der Waals surface area (Å²) in [5.74, 6) is 0.